The van der Waals surface area contributed by atoms with E-state index in [2.05, 4.69) is 12.3 Å². The van der Waals surface area contributed by atoms with E-state index in [1.807, 2.05) is 24.3 Å². The largest absolute Gasteiger partial charge is 0.271 e. The van der Waals surface area contributed by atoms with Gasteiger partial charge in [0.25, 0.3) is 0 Å². The molecule has 0 aromatic heterocycles. The maximum absolute atomic E-state index is 5.75. The second-order valence-corrected chi connectivity index (χ2v) is 3.12. The van der Waals surface area contributed by atoms with E-state index in [1.54, 1.807) is 0 Å². The fraction of sp³-hybridized carbons (Fsp3) is 0.333. The van der Waals surface area contributed by atoms with Crippen molar-refractivity contribution < 1.29 is 0 Å². The number of rotatable bonds is 3. The molecule has 1 aromatic carbocycles. The van der Waals surface area contributed by atoms with E-state index in [9.17, 15) is 0 Å². The van der Waals surface area contributed by atoms with E-state index >= 15 is 0 Å². The lowest BCUT2D eigenvalue weighted by Crippen LogP contribution is -2.27. The van der Waals surface area contributed by atoms with Gasteiger partial charge in [0, 0.05) is 11.1 Å². The molecule has 0 radical (unpaired) electrons. The van der Waals surface area contributed by atoms with Crippen molar-refractivity contribution in [2.75, 3.05) is 0 Å². The third kappa shape index (κ3) is 2.21. The first-order valence-corrected chi connectivity index (χ1v) is 4.37. The van der Waals surface area contributed by atoms with Crippen molar-refractivity contribution in [2.24, 2.45) is 5.84 Å². The quantitative estimate of drug-likeness (QED) is 0.559. The van der Waals surface area contributed by atoms with Crippen LogP contribution in [-0.2, 0) is 0 Å². The minimum Gasteiger partial charge on any atom is -0.271 e. The van der Waals surface area contributed by atoms with Crippen LogP contribution in [0.25, 0.3) is 0 Å². The van der Waals surface area contributed by atoms with Gasteiger partial charge in [0.2, 0.25) is 0 Å². The molecule has 0 aliphatic rings. The summed E-state index contributed by atoms with van der Waals surface area (Å²) in [5, 5.41) is 0.755. The Hall–Kier alpha value is -0.570. The van der Waals surface area contributed by atoms with Crippen molar-refractivity contribution in [2.45, 2.75) is 19.4 Å². The molecule has 66 valence electrons. The summed E-state index contributed by atoms with van der Waals surface area (Å²) in [6, 6.07) is 7.93. The summed E-state index contributed by atoms with van der Waals surface area (Å²) in [5.74, 6) is 5.37. The van der Waals surface area contributed by atoms with Crippen LogP contribution in [0.4, 0.5) is 0 Å². The highest BCUT2D eigenvalue weighted by Gasteiger charge is 2.05. The number of nitrogens with one attached hydrogen (secondary N) is 1. The number of hydrogen-bond acceptors (Lipinski definition) is 2. The van der Waals surface area contributed by atoms with Crippen LogP contribution in [0.1, 0.15) is 24.9 Å². The molecule has 0 bridgehead atoms. The lowest BCUT2D eigenvalue weighted by molar-refractivity contribution is 0.539. The Morgan fingerprint density at radius 2 is 2.00 bits per heavy atom. The number of hydrazine groups is 1. The van der Waals surface area contributed by atoms with Gasteiger partial charge in [-0.15, -0.1) is 0 Å². The maximum atomic E-state index is 5.75. The van der Waals surface area contributed by atoms with Crippen molar-refractivity contribution >= 4 is 11.6 Å². The highest BCUT2D eigenvalue weighted by atomic mass is 35.5. The highest BCUT2D eigenvalue weighted by Crippen LogP contribution is 2.17. The van der Waals surface area contributed by atoms with Crippen molar-refractivity contribution in [3.63, 3.8) is 0 Å². The second-order valence-electron chi connectivity index (χ2n) is 2.68. The number of nitrogens with two attached hydrogens (primary N) is 1. The number of hydrogen-bond donors (Lipinski definition) is 2. The maximum Gasteiger partial charge on any atom is 0.0457 e. The Morgan fingerprint density at radius 3 is 2.42 bits per heavy atom. The number of halogens is 1. The van der Waals surface area contributed by atoms with Crippen LogP contribution in [0.3, 0.4) is 0 Å². The van der Waals surface area contributed by atoms with E-state index in [1.165, 1.54) is 5.56 Å². The van der Waals surface area contributed by atoms with E-state index in [4.69, 9.17) is 17.4 Å². The molecule has 0 aliphatic heterocycles. The predicted molar refractivity (Wildman–Crippen MR) is 51.8 cm³/mol. The van der Waals surface area contributed by atoms with Crippen LogP contribution in [0, 0.1) is 0 Å². The summed E-state index contributed by atoms with van der Waals surface area (Å²) in [7, 11) is 0. The Kier molecular flexibility index (Phi) is 3.53. The smallest absolute Gasteiger partial charge is 0.0457 e. The predicted octanol–water partition coefficient (Wildman–Crippen LogP) is 2.25. The van der Waals surface area contributed by atoms with Crippen LogP contribution < -0.4 is 11.3 Å². The van der Waals surface area contributed by atoms with Gasteiger partial charge in [-0.3, -0.25) is 11.3 Å². The molecule has 0 amide bonds. The molecule has 12 heavy (non-hydrogen) atoms. The molecular formula is C9H13ClN2. The zero-order valence-corrected chi connectivity index (χ0v) is 7.81. The highest BCUT2D eigenvalue weighted by molar-refractivity contribution is 6.30. The molecule has 1 atom stereocenters. The Labute approximate surface area is 77.7 Å². The third-order valence-electron chi connectivity index (χ3n) is 1.88. The third-order valence-corrected chi connectivity index (χ3v) is 2.13. The standard InChI is InChI=1S/C9H13ClN2/c1-2-9(12-11)7-3-5-8(10)6-4-7/h3-6,9,12H,2,11H2,1H3. The van der Waals surface area contributed by atoms with Crippen LogP contribution >= 0.6 is 11.6 Å². The summed E-state index contributed by atoms with van der Waals surface area (Å²) < 4.78 is 0. The lowest BCUT2D eigenvalue weighted by Gasteiger charge is -2.13. The van der Waals surface area contributed by atoms with Crippen molar-refractivity contribution in [1.82, 2.24) is 5.43 Å². The van der Waals surface area contributed by atoms with E-state index in [0.29, 0.717) is 0 Å². The topological polar surface area (TPSA) is 38.0 Å². The Balaban J connectivity index is 2.80. The van der Waals surface area contributed by atoms with E-state index in [0.717, 1.165) is 11.4 Å². The molecule has 1 unspecified atom stereocenters. The minimum absolute atomic E-state index is 0.224. The molecule has 3 N–H and O–H groups in total. The van der Waals surface area contributed by atoms with Gasteiger partial charge >= 0.3 is 0 Å². The monoisotopic (exact) mass is 184 g/mol. The molecule has 0 saturated heterocycles. The Morgan fingerprint density at radius 1 is 1.42 bits per heavy atom. The zero-order valence-electron chi connectivity index (χ0n) is 7.05. The van der Waals surface area contributed by atoms with Crippen molar-refractivity contribution in [3.8, 4) is 0 Å². The fourth-order valence-corrected chi connectivity index (χ4v) is 1.27. The molecule has 0 aliphatic carbocycles. The first-order chi connectivity index (χ1) is 5.77. The van der Waals surface area contributed by atoms with Crippen LogP contribution in [-0.4, -0.2) is 0 Å². The lowest BCUT2D eigenvalue weighted by atomic mass is 10.1. The summed E-state index contributed by atoms with van der Waals surface area (Å²) in [6.07, 6.45) is 0.970. The second kappa shape index (κ2) is 4.45. The van der Waals surface area contributed by atoms with Crippen LogP contribution in [0.2, 0.25) is 5.02 Å². The van der Waals surface area contributed by atoms with Gasteiger partial charge in [-0.1, -0.05) is 30.7 Å². The summed E-state index contributed by atoms with van der Waals surface area (Å²) in [6.45, 7) is 2.08. The van der Waals surface area contributed by atoms with Gasteiger partial charge < -0.3 is 0 Å². The van der Waals surface area contributed by atoms with Crippen LogP contribution in [0.15, 0.2) is 24.3 Å². The molecule has 0 fully saturated rings. The minimum atomic E-state index is 0.224. The molecule has 0 spiro atoms. The molecule has 3 heteroatoms. The summed E-state index contributed by atoms with van der Waals surface area (Å²) in [4.78, 5) is 0. The fourth-order valence-electron chi connectivity index (χ4n) is 1.14. The van der Waals surface area contributed by atoms with E-state index in [-0.39, 0.29) is 6.04 Å². The van der Waals surface area contributed by atoms with Crippen LogP contribution in [0.5, 0.6) is 0 Å². The van der Waals surface area contributed by atoms with E-state index < -0.39 is 0 Å². The van der Waals surface area contributed by atoms with Gasteiger partial charge in [-0.05, 0) is 24.1 Å². The summed E-state index contributed by atoms with van der Waals surface area (Å²) in [5.41, 5.74) is 3.92. The SMILES string of the molecule is CCC(NN)c1ccc(Cl)cc1. The first-order valence-electron chi connectivity index (χ1n) is 3.99. The van der Waals surface area contributed by atoms with Gasteiger partial charge in [0.1, 0.15) is 0 Å². The first kappa shape index (κ1) is 9.52. The molecule has 1 rings (SSSR count). The average Bonchev–Trinajstić information content (AvgIpc) is 2.10. The van der Waals surface area contributed by atoms with Gasteiger partial charge in [-0.2, -0.15) is 0 Å². The zero-order chi connectivity index (χ0) is 8.97. The van der Waals surface area contributed by atoms with Crippen molar-refractivity contribution in [3.05, 3.63) is 34.9 Å². The van der Waals surface area contributed by atoms with Gasteiger partial charge in [0.05, 0.1) is 0 Å². The van der Waals surface area contributed by atoms with Gasteiger partial charge in [0.15, 0.2) is 0 Å². The molecule has 0 saturated carbocycles. The Bertz CT molecular complexity index is 229. The molecule has 0 heterocycles. The summed E-state index contributed by atoms with van der Waals surface area (Å²) >= 11 is 5.75. The molecular weight excluding hydrogens is 172 g/mol. The van der Waals surface area contributed by atoms with Crippen molar-refractivity contribution in [1.29, 1.82) is 0 Å². The average molecular weight is 185 g/mol. The normalized spacial score (nSPS) is 12.9. The molecule has 1 aromatic rings. The number of benzene rings is 1. The van der Waals surface area contributed by atoms with Gasteiger partial charge in [-0.25, -0.2) is 0 Å². The molecule has 2 nitrogen and oxygen atoms in total.